The van der Waals surface area contributed by atoms with Crippen LogP contribution in [-0.2, 0) is 12.7 Å². The number of amides is 1. The van der Waals surface area contributed by atoms with Gasteiger partial charge in [-0.05, 0) is 30.3 Å². The Morgan fingerprint density at radius 2 is 1.96 bits per heavy atom. The zero-order valence-corrected chi connectivity index (χ0v) is 14.9. The highest BCUT2D eigenvalue weighted by Crippen LogP contribution is 2.27. The molecule has 26 heavy (non-hydrogen) atoms. The normalized spacial score (nSPS) is 13.2. The summed E-state index contributed by atoms with van der Waals surface area (Å²) in [4.78, 5) is 15.4. The molecule has 0 fully saturated rings. The number of benzene rings is 1. The standard InChI is InChI=1S/C16H14F3N3O2.2ClH/c17-16(18,19)14-4-1-10(9-21-14)15(23)22-12-2-3-13-11(7-12)8-20-5-6-24-13;;/h1-4,7,9,20H,5-6,8H2,(H,22,23);2*1H. The number of rotatable bonds is 2. The Kier molecular flexibility index (Phi) is 7.68. The number of ether oxygens (including phenoxy) is 1. The lowest BCUT2D eigenvalue weighted by Gasteiger charge is -2.11. The Morgan fingerprint density at radius 1 is 1.19 bits per heavy atom. The maximum Gasteiger partial charge on any atom is 0.433 e. The smallest absolute Gasteiger partial charge is 0.433 e. The number of pyridine rings is 1. The monoisotopic (exact) mass is 409 g/mol. The van der Waals surface area contributed by atoms with Crippen LogP contribution in [-0.4, -0.2) is 24.0 Å². The minimum absolute atomic E-state index is 0. The van der Waals surface area contributed by atoms with E-state index in [2.05, 4.69) is 15.6 Å². The fourth-order valence-corrected chi connectivity index (χ4v) is 2.29. The van der Waals surface area contributed by atoms with Gasteiger partial charge < -0.3 is 15.4 Å². The van der Waals surface area contributed by atoms with E-state index in [4.69, 9.17) is 4.74 Å². The molecular weight excluding hydrogens is 394 g/mol. The van der Waals surface area contributed by atoms with Gasteiger partial charge >= 0.3 is 6.18 Å². The third kappa shape index (κ3) is 5.23. The van der Waals surface area contributed by atoms with Gasteiger partial charge in [-0.3, -0.25) is 9.78 Å². The van der Waals surface area contributed by atoms with Gasteiger partial charge in [-0.25, -0.2) is 0 Å². The largest absolute Gasteiger partial charge is 0.492 e. The minimum atomic E-state index is -4.53. The van der Waals surface area contributed by atoms with Crippen LogP contribution < -0.4 is 15.4 Å². The Morgan fingerprint density at radius 3 is 2.62 bits per heavy atom. The van der Waals surface area contributed by atoms with Crippen LogP contribution >= 0.6 is 24.8 Å². The number of aromatic nitrogens is 1. The maximum absolute atomic E-state index is 12.5. The fraction of sp³-hybridized carbons (Fsp3) is 0.250. The number of carbonyl (C=O) groups excluding carboxylic acids is 1. The molecule has 0 radical (unpaired) electrons. The average molecular weight is 410 g/mol. The van der Waals surface area contributed by atoms with E-state index in [0.717, 1.165) is 36.2 Å². The van der Waals surface area contributed by atoms with Crippen LogP contribution in [0.3, 0.4) is 0 Å². The van der Waals surface area contributed by atoms with Gasteiger partial charge in [-0.15, -0.1) is 24.8 Å². The highest BCUT2D eigenvalue weighted by molar-refractivity contribution is 6.04. The van der Waals surface area contributed by atoms with Crippen molar-refractivity contribution < 1.29 is 22.7 Å². The van der Waals surface area contributed by atoms with Crippen molar-refractivity contribution >= 4 is 36.4 Å². The molecule has 1 aliphatic heterocycles. The van der Waals surface area contributed by atoms with Crippen molar-refractivity contribution in [2.75, 3.05) is 18.5 Å². The van der Waals surface area contributed by atoms with Crippen molar-refractivity contribution in [3.05, 3.63) is 53.3 Å². The van der Waals surface area contributed by atoms with Gasteiger partial charge in [0.25, 0.3) is 5.91 Å². The predicted octanol–water partition coefficient (Wildman–Crippen LogP) is 3.68. The summed E-state index contributed by atoms with van der Waals surface area (Å²) in [6.45, 7) is 1.91. The molecule has 0 saturated heterocycles. The first-order chi connectivity index (χ1) is 11.4. The van der Waals surface area contributed by atoms with Crippen LogP contribution in [0.4, 0.5) is 18.9 Å². The molecule has 1 amide bonds. The molecule has 5 nitrogen and oxygen atoms in total. The highest BCUT2D eigenvalue weighted by Gasteiger charge is 2.32. The maximum atomic E-state index is 12.5. The van der Waals surface area contributed by atoms with Crippen LogP contribution in [0.25, 0.3) is 0 Å². The molecule has 0 atom stereocenters. The number of hydrogen-bond acceptors (Lipinski definition) is 4. The summed E-state index contributed by atoms with van der Waals surface area (Å²) in [5, 5.41) is 5.83. The third-order valence-electron chi connectivity index (χ3n) is 3.49. The molecule has 2 heterocycles. The molecule has 2 N–H and O–H groups in total. The Bertz CT molecular complexity index is 755. The van der Waals surface area contributed by atoms with E-state index in [9.17, 15) is 18.0 Å². The van der Waals surface area contributed by atoms with Crippen LogP contribution in [0, 0.1) is 0 Å². The van der Waals surface area contributed by atoms with Gasteiger partial charge in [0.2, 0.25) is 0 Å². The minimum Gasteiger partial charge on any atom is -0.492 e. The Labute approximate surface area is 160 Å². The number of nitrogens with one attached hydrogen (secondary N) is 2. The van der Waals surface area contributed by atoms with Crippen LogP contribution in [0.2, 0.25) is 0 Å². The van der Waals surface area contributed by atoms with E-state index in [0.29, 0.717) is 18.8 Å². The first-order valence-electron chi connectivity index (χ1n) is 7.24. The van der Waals surface area contributed by atoms with Gasteiger partial charge in [0, 0.05) is 30.5 Å². The van der Waals surface area contributed by atoms with E-state index in [1.54, 1.807) is 18.2 Å². The van der Waals surface area contributed by atoms with Crippen molar-refractivity contribution in [1.29, 1.82) is 0 Å². The van der Waals surface area contributed by atoms with Crippen molar-refractivity contribution in [3.8, 4) is 5.75 Å². The summed E-state index contributed by atoms with van der Waals surface area (Å²) in [6, 6.07) is 7.08. The van der Waals surface area contributed by atoms with Crippen LogP contribution in [0.5, 0.6) is 5.75 Å². The second kappa shape index (κ2) is 9.07. The average Bonchev–Trinajstić information content (AvgIpc) is 2.79. The molecule has 1 aromatic heterocycles. The van der Waals surface area contributed by atoms with Crippen LogP contribution in [0.1, 0.15) is 21.6 Å². The lowest BCUT2D eigenvalue weighted by atomic mass is 10.1. The molecule has 1 aromatic carbocycles. The van der Waals surface area contributed by atoms with E-state index in [1.165, 1.54) is 0 Å². The van der Waals surface area contributed by atoms with Crippen molar-refractivity contribution in [3.63, 3.8) is 0 Å². The summed E-state index contributed by atoms with van der Waals surface area (Å²) in [5.41, 5.74) is 0.446. The summed E-state index contributed by atoms with van der Waals surface area (Å²) >= 11 is 0. The molecule has 3 rings (SSSR count). The number of alkyl halides is 3. The Balaban J connectivity index is 0.00000169. The lowest BCUT2D eigenvalue weighted by molar-refractivity contribution is -0.141. The molecule has 10 heteroatoms. The Hall–Kier alpha value is -2.03. The molecule has 1 aliphatic rings. The number of hydrogen-bond donors (Lipinski definition) is 2. The van der Waals surface area contributed by atoms with Crippen molar-refractivity contribution in [1.82, 2.24) is 10.3 Å². The van der Waals surface area contributed by atoms with Crippen LogP contribution in [0.15, 0.2) is 36.5 Å². The number of nitrogens with zero attached hydrogens (tertiary/aromatic N) is 1. The molecule has 0 bridgehead atoms. The molecule has 0 spiro atoms. The molecule has 0 unspecified atom stereocenters. The molecule has 142 valence electrons. The van der Waals surface area contributed by atoms with Gasteiger partial charge in [0.1, 0.15) is 18.1 Å². The molecule has 2 aromatic rings. The topological polar surface area (TPSA) is 63.2 Å². The SMILES string of the molecule is Cl.Cl.O=C(Nc1ccc2c(c1)CNCCO2)c1ccc(C(F)(F)F)nc1. The first kappa shape index (κ1) is 22.0. The second-order valence-electron chi connectivity index (χ2n) is 5.23. The highest BCUT2D eigenvalue weighted by atomic mass is 35.5. The molecule has 0 saturated carbocycles. The van der Waals surface area contributed by atoms with E-state index >= 15 is 0 Å². The van der Waals surface area contributed by atoms with Crippen molar-refractivity contribution in [2.45, 2.75) is 12.7 Å². The zero-order chi connectivity index (χ0) is 17.2. The zero-order valence-electron chi connectivity index (χ0n) is 13.3. The van der Waals surface area contributed by atoms with Gasteiger partial charge in [0.15, 0.2) is 0 Å². The number of fused-ring (bicyclic) bond motifs is 1. The lowest BCUT2D eigenvalue weighted by Crippen LogP contribution is -2.16. The summed E-state index contributed by atoms with van der Waals surface area (Å²) < 4.78 is 43.0. The van der Waals surface area contributed by atoms with E-state index in [1.807, 2.05) is 0 Å². The second-order valence-corrected chi connectivity index (χ2v) is 5.23. The van der Waals surface area contributed by atoms with Gasteiger partial charge in [-0.2, -0.15) is 13.2 Å². The van der Waals surface area contributed by atoms with Crippen molar-refractivity contribution in [2.24, 2.45) is 0 Å². The molecular formula is C16H16Cl2F3N3O2. The van der Waals surface area contributed by atoms with Gasteiger partial charge in [0.05, 0.1) is 5.56 Å². The van der Waals surface area contributed by atoms with E-state index in [-0.39, 0.29) is 30.4 Å². The number of carbonyl (C=O) groups is 1. The summed E-state index contributed by atoms with van der Waals surface area (Å²) in [7, 11) is 0. The summed E-state index contributed by atoms with van der Waals surface area (Å²) in [5.74, 6) is 0.216. The third-order valence-corrected chi connectivity index (χ3v) is 3.49. The number of halogens is 5. The molecule has 0 aliphatic carbocycles. The van der Waals surface area contributed by atoms with Gasteiger partial charge in [-0.1, -0.05) is 0 Å². The fourth-order valence-electron chi connectivity index (χ4n) is 2.29. The van der Waals surface area contributed by atoms with E-state index < -0.39 is 17.8 Å². The summed E-state index contributed by atoms with van der Waals surface area (Å²) in [6.07, 6.45) is -3.62. The number of anilines is 1. The predicted molar refractivity (Wildman–Crippen MR) is 95.3 cm³/mol. The first-order valence-corrected chi connectivity index (χ1v) is 7.24. The quantitative estimate of drug-likeness (QED) is 0.793.